The van der Waals surface area contributed by atoms with Gasteiger partial charge in [-0.3, -0.25) is 18.9 Å². The van der Waals surface area contributed by atoms with Gasteiger partial charge in [0.05, 0.1) is 5.69 Å². The molecule has 2 aliphatic heterocycles. The number of carbonyl (C=O) groups is 1. The molecule has 0 bridgehead atoms. The summed E-state index contributed by atoms with van der Waals surface area (Å²) in [6.45, 7) is 6.29. The molecule has 0 atom stereocenters. The van der Waals surface area contributed by atoms with Crippen LogP contribution in [0.1, 0.15) is 49.9 Å². The second-order valence-electron chi connectivity index (χ2n) is 7.87. The number of aryl methyl sites for hydroxylation is 1. The maximum Gasteiger partial charge on any atom is 0.259 e. The fourth-order valence-electron chi connectivity index (χ4n) is 4.30. The van der Waals surface area contributed by atoms with Gasteiger partial charge in [-0.25, -0.2) is 4.98 Å². The van der Waals surface area contributed by atoms with Gasteiger partial charge in [0.15, 0.2) is 4.96 Å². The highest BCUT2D eigenvalue weighted by Crippen LogP contribution is 2.23. The molecule has 2 aromatic heterocycles. The predicted octanol–water partition coefficient (Wildman–Crippen LogP) is 2.68. The SMILES string of the molecule is Cc1csc2nc(CN3CCC(C(=O)N4CCCCCC4)CC3)cc(=O)n12. The Kier molecular flexibility index (Phi) is 5.59. The fourth-order valence-corrected chi connectivity index (χ4v) is 5.19. The van der Waals surface area contributed by atoms with Crippen molar-refractivity contribution in [2.24, 2.45) is 5.92 Å². The Morgan fingerprint density at radius 3 is 2.56 bits per heavy atom. The highest BCUT2D eigenvalue weighted by molar-refractivity contribution is 7.15. The summed E-state index contributed by atoms with van der Waals surface area (Å²) < 4.78 is 1.67. The van der Waals surface area contributed by atoms with Gasteiger partial charge in [-0.15, -0.1) is 11.3 Å². The van der Waals surface area contributed by atoms with Crippen LogP contribution < -0.4 is 5.56 Å². The Bertz CT molecular complexity index is 858. The third-order valence-corrected chi connectivity index (χ3v) is 6.81. The van der Waals surface area contributed by atoms with Gasteiger partial charge in [-0.1, -0.05) is 12.8 Å². The molecule has 7 heteroatoms. The summed E-state index contributed by atoms with van der Waals surface area (Å²) in [5.41, 5.74) is 1.77. The first kappa shape index (κ1) is 18.6. The standard InChI is InChI=1S/C20H28N4O2S/c1-15-14-27-20-21-17(12-18(25)24(15)20)13-22-10-6-16(7-11-22)19(26)23-8-4-2-3-5-9-23/h12,14,16H,2-11,13H2,1H3. The smallest absolute Gasteiger partial charge is 0.259 e. The molecular weight excluding hydrogens is 360 g/mol. The van der Waals surface area contributed by atoms with Crippen LogP contribution in [-0.4, -0.2) is 51.3 Å². The van der Waals surface area contributed by atoms with Crippen molar-refractivity contribution in [3.05, 3.63) is 33.2 Å². The van der Waals surface area contributed by atoms with Crippen LogP contribution >= 0.6 is 11.3 Å². The van der Waals surface area contributed by atoms with E-state index in [0.29, 0.717) is 12.5 Å². The Hall–Kier alpha value is -1.73. The first-order valence-corrected chi connectivity index (χ1v) is 11.0. The van der Waals surface area contributed by atoms with Gasteiger partial charge in [0.2, 0.25) is 5.91 Å². The molecule has 0 N–H and O–H groups in total. The summed E-state index contributed by atoms with van der Waals surface area (Å²) in [4.78, 5) is 35.0. The molecule has 1 amide bonds. The zero-order valence-electron chi connectivity index (χ0n) is 16.0. The third kappa shape index (κ3) is 4.09. The molecule has 0 unspecified atom stereocenters. The number of thiazole rings is 1. The molecule has 0 aliphatic carbocycles. The summed E-state index contributed by atoms with van der Waals surface area (Å²) in [6.07, 6.45) is 6.63. The van der Waals surface area contributed by atoms with Crippen LogP contribution in [0.3, 0.4) is 0 Å². The summed E-state index contributed by atoms with van der Waals surface area (Å²) in [6, 6.07) is 1.65. The molecule has 0 saturated carbocycles. The summed E-state index contributed by atoms with van der Waals surface area (Å²) >= 11 is 1.51. The Morgan fingerprint density at radius 2 is 1.85 bits per heavy atom. The zero-order chi connectivity index (χ0) is 18.8. The van der Waals surface area contributed by atoms with Gasteiger partial charge in [0, 0.05) is 42.7 Å². The number of nitrogens with zero attached hydrogens (tertiary/aromatic N) is 4. The third-order valence-electron chi connectivity index (χ3n) is 5.87. The van der Waals surface area contributed by atoms with Gasteiger partial charge in [0.1, 0.15) is 0 Å². The summed E-state index contributed by atoms with van der Waals surface area (Å²) in [5.74, 6) is 0.531. The largest absolute Gasteiger partial charge is 0.342 e. The van der Waals surface area contributed by atoms with E-state index in [4.69, 9.17) is 0 Å². The minimum Gasteiger partial charge on any atom is -0.342 e. The van der Waals surface area contributed by atoms with Crippen LogP contribution in [0.25, 0.3) is 4.96 Å². The molecule has 4 heterocycles. The van der Waals surface area contributed by atoms with E-state index >= 15 is 0 Å². The summed E-state index contributed by atoms with van der Waals surface area (Å²) in [5, 5.41) is 1.97. The van der Waals surface area contributed by atoms with Crippen molar-refractivity contribution in [2.45, 2.75) is 52.0 Å². The maximum atomic E-state index is 12.8. The number of carbonyl (C=O) groups excluding carboxylic acids is 1. The molecule has 27 heavy (non-hydrogen) atoms. The zero-order valence-corrected chi connectivity index (χ0v) is 16.8. The lowest BCUT2D eigenvalue weighted by atomic mass is 9.95. The van der Waals surface area contributed by atoms with Crippen LogP contribution in [0.4, 0.5) is 0 Å². The Morgan fingerprint density at radius 1 is 1.15 bits per heavy atom. The number of likely N-dealkylation sites (tertiary alicyclic amines) is 2. The number of fused-ring (bicyclic) bond motifs is 1. The van der Waals surface area contributed by atoms with E-state index in [1.54, 1.807) is 10.5 Å². The number of rotatable bonds is 3. The van der Waals surface area contributed by atoms with Crippen LogP contribution in [0.15, 0.2) is 16.2 Å². The second-order valence-corrected chi connectivity index (χ2v) is 8.71. The van der Waals surface area contributed by atoms with E-state index in [0.717, 1.165) is 68.2 Å². The number of hydrogen-bond donors (Lipinski definition) is 0. The van der Waals surface area contributed by atoms with Crippen LogP contribution in [0, 0.1) is 12.8 Å². The van der Waals surface area contributed by atoms with E-state index in [2.05, 4.69) is 14.8 Å². The number of piperidine rings is 1. The maximum absolute atomic E-state index is 12.8. The molecule has 4 rings (SSSR count). The van der Waals surface area contributed by atoms with Crippen molar-refractivity contribution in [1.82, 2.24) is 19.2 Å². The van der Waals surface area contributed by atoms with Crippen molar-refractivity contribution in [3.63, 3.8) is 0 Å². The summed E-state index contributed by atoms with van der Waals surface area (Å²) in [7, 11) is 0. The molecule has 146 valence electrons. The predicted molar refractivity (Wildman–Crippen MR) is 107 cm³/mol. The molecule has 0 aromatic carbocycles. The van der Waals surface area contributed by atoms with E-state index < -0.39 is 0 Å². The Balaban J connectivity index is 1.35. The normalized spacial score (nSPS) is 20.1. The molecule has 2 saturated heterocycles. The Labute approximate surface area is 163 Å². The molecule has 0 spiro atoms. The van der Waals surface area contributed by atoms with E-state index in [9.17, 15) is 9.59 Å². The van der Waals surface area contributed by atoms with Crippen molar-refractivity contribution in [2.75, 3.05) is 26.2 Å². The number of hydrogen-bond acceptors (Lipinski definition) is 5. The van der Waals surface area contributed by atoms with Crippen LogP contribution in [0.2, 0.25) is 0 Å². The highest BCUT2D eigenvalue weighted by atomic mass is 32.1. The van der Waals surface area contributed by atoms with Crippen molar-refractivity contribution < 1.29 is 4.79 Å². The van der Waals surface area contributed by atoms with Crippen molar-refractivity contribution >= 4 is 22.2 Å². The monoisotopic (exact) mass is 388 g/mol. The topological polar surface area (TPSA) is 57.9 Å². The molecule has 0 radical (unpaired) electrons. The quantitative estimate of drug-likeness (QED) is 0.811. The number of amides is 1. The van der Waals surface area contributed by atoms with E-state index in [-0.39, 0.29) is 11.5 Å². The van der Waals surface area contributed by atoms with Gasteiger partial charge in [-0.05, 0) is 45.7 Å². The molecule has 2 aromatic rings. The van der Waals surface area contributed by atoms with Crippen molar-refractivity contribution in [3.8, 4) is 0 Å². The van der Waals surface area contributed by atoms with E-state index in [1.165, 1.54) is 24.2 Å². The average Bonchev–Trinajstić information content (AvgIpc) is 2.87. The lowest BCUT2D eigenvalue weighted by Crippen LogP contribution is -2.42. The van der Waals surface area contributed by atoms with Gasteiger partial charge in [-0.2, -0.15) is 0 Å². The molecule has 6 nitrogen and oxygen atoms in total. The molecule has 2 aliphatic rings. The van der Waals surface area contributed by atoms with Gasteiger partial charge >= 0.3 is 0 Å². The fraction of sp³-hybridized carbons (Fsp3) is 0.650. The van der Waals surface area contributed by atoms with E-state index in [1.807, 2.05) is 12.3 Å². The minimum atomic E-state index is -0.0000210. The van der Waals surface area contributed by atoms with Crippen molar-refractivity contribution in [1.29, 1.82) is 0 Å². The van der Waals surface area contributed by atoms with Gasteiger partial charge in [0.25, 0.3) is 5.56 Å². The molecular formula is C20H28N4O2S. The first-order valence-electron chi connectivity index (χ1n) is 10.1. The minimum absolute atomic E-state index is 0.0000210. The average molecular weight is 389 g/mol. The lowest BCUT2D eigenvalue weighted by molar-refractivity contribution is -0.137. The first-order chi connectivity index (χ1) is 13.1. The van der Waals surface area contributed by atoms with Crippen LogP contribution in [0.5, 0.6) is 0 Å². The lowest BCUT2D eigenvalue weighted by Gasteiger charge is -2.33. The number of aromatic nitrogens is 2. The second kappa shape index (κ2) is 8.10. The van der Waals surface area contributed by atoms with Crippen LogP contribution in [-0.2, 0) is 11.3 Å². The van der Waals surface area contributed by atoms with Gasteiger partial charge < -0.3 is 4.90 Å². The highest BCUT2D eigenvalue weighted by Gasteiger charge is 2.29. The molecule has 2 fully saturated rings.